The zero-order valence-electron chi connectivity index (χ0n) is 23.2. The molecule has 1 aliphatic rings. The molecular weight excluding hydrogens is 549 g/mol. The van der Waals surface area contributed by atoms with Crippen molar-refractivity contribution in [2.75, 3.05) is 30.6 Å². The minimum Gasteiger partial charge on any atom is -0.486 e. The van der Waals surface area contributed by atoms with E-state index in [0.717, 1.165) is 22.0 Å². The molecule has 0 saturated carbocycles. The molecule has 9 nitrogen and oxygen atoms in total. The van der Waals surface area contributed by atoms with Crippen LogP contribution in [0.3, 0.4) is 0 Å². The maximum absolute atomic E-state index is 14.0. The molecule has 0 bridgehead atoms. The number of ether oxygens (including phenoxy) is 2. The van der Waals surface area contributed by atoms with Gasteiger partial charge in [0.15, 0.2) is 11.5 Å². The van der Waals surface area contributed by atoms with Gasteiger partial charge in [0.05, 0.1) is 10.6 Å². The van der Waals surface area contributed by atoms with E-state index in [2.05, 4.69) is 5.32 Å². The summed E-state index contributed by atoms with van der Waals surface area (Å²) in [6.45, 7) is 6.01. The Balaban J connectivity index is 1.69. The summed E-state index contributed by atoms with van der Waals surface area (Å²) in [5.41, 5.74) is 0.860. The van der Waals surface area contributed by atoms with Crippen molar-refractivity contribution in [2.45, 2.75) is 38.3 Å². The van der Waals surface area contributed by atoms with E-state index < -0.39 is 34.3 Å². The van der Waals surface area contributed by atoms with Gasteiger partial charge in [-0.15, -0.1) is 0 Å². The van der Waals surface area contributed by atoms with Crippen LogP contribution in [0.2, 0.25) is 0 Å². The van der Waals surface area contributed by atoms with Gasteiger partial charge in [0.25, 0.3) is 10.0 Å². The molecule has 11 heteroatoms. The van der Waals surface area contributed by atoms with Crippen molar-refractivity contribution >= 4 is 27.5 Å². The Bertz CT molecular complexity index is 1470. The van der Waals surface area contributed by atoms with Crippen LogP contribution in [0.25, 0.3) is 0 Å². The monoisotopic (exact) mass is 583 g/mol. The van der Waals surface area contributed by atoms with Crippen LogP contribution in [-0.2, 0) is 26.2 Å². The van der Waals surface area contributed by atoms with Gasteiger partial charge in [-0.3, -0.25) is 13.9 Å². The molecule has 0 aliphatic carbocycles. The van der Waals surface area contributed by atoms with E-state index >= 15 is 0 Å². The number of benzene rings is 3. The molecule has 1 N–H and O–H groups in total. The highest BCUT2D eigenvalue weighted by Crippen LogP contribution is 2.34. The Kier molecular flexibility index (Phi) is 9.49. The van der Waals surface area contributed by atoms with E-state index in [0.29, 0.717) is 18.9 Å². The van der Waals surface area contributed by atoms with Crippen molar-refractivity contribution < 1.29 is 31.9 Å². The second-order valence-corrected chi connectivity index (χ2v) is 12.0. The number of anilines is 1. The van der Waals surface area contributed by atoms with Crippen molar-refractivity contribution in [1.29, 1.82) is 0 Å². The van der Waals surface area contributed by atoms with E-state index in [-0.39, 0.29) is 41.3 Å². The first kappa shape index (κ1) is 29.9. The lowest BCUT2D eigenvalue weighted by molar-refractivity contribution is -0.139. The number of sulfonamides is 1. The molecule has 2 amide bonds. The van der Waals surface area contributed by atoms with Gasteiger partial charge in [-0.1, -0.05) is 44.2 Å². The molecule has 1 aliphatic heterocycles. The zero-order valence-corrected chi connectivity index (χ0v) is 24.1. The molecule has 3 aromatic carbocycles. The fraction of sp³-hybridized carbons (Fsp3) is 0.333. The maximum atomic E-state index is 14.0. The molecule has 0 spiro atoms. The number of amides is 2. The molecule has 0 radical (unpaired) electrons. The quantitative estimate of drug-likeness (QED) is 0.366. The molecule has 41 heavy (non-hydrogen) atoms. The van der Waals surface area contributed by atoms with Crippen LogP contribution < -0.4 is 19.1 Å². The molecule has 4 rings (SSSR count). The standard InChI is InChI=1S/C30H34FN3O6S/c1-21(2)18-32-30(36)22(3)33(19-23-7-5-4-6-8-23)29(35)20-34(25-11-9-24(31)10-12-25)41(37,38)26-13-14-27-28(17-26)40-16-15-39-27/h4-14,17,21-22H,15-16,18-20H2,1-3H3,(H,32,36)/t22-/m0/s1. The zero-order chi connectivity index (χ0) is 29.6. The lowest BCUT2D eigenvalue weighted by Crippen LogP contribution is -2.51. The van der Waals surface area contributed by atoms with Gasteiger partial charge < -0.3 is 19.7 Å². The summed E-state index contributed by atoms with van der Waals surface area (Å²) in [4.78, 5) is 28.2. The molecule has 3 aromatic rings. The van der Waals surface area contributed by atoms with E-state index in [1.54, 1.807) is 6.92 Å². The Morgan fingerprint density at radius 1 is 0.927 bits per heavy atom. The van der Waals surface area contributed by atoms with Gasteiger partial charge in [-0.25, -0.2) is 12.8 Å². The summed E-state index contributed by atoms with van der Waals surface area (Å²) in [5.74, 6) is -0.635. The van der Waals surface area contributed by atoms with E-state index in [4.69, 9.17) is 9.47 Å². The second kappa shape index (κ2) is 13.0. The summed E-state index contributed by atoms with van der Waals surface area (Å²) in [5, 5.41) is 2.85. The fourth-order valence-corrected chi connectivity index (χ4v) is 5.69. The lowest BCUT2D eigenvalue weighted by Gasteiger charge is -2.32. The molecule has 0 unspecified atom stereocenters. The summed E-state index contributed by atoms with van der Waals surface area (Å²) in [6, 6.07) is 17.3. The molecule has 0 fully saturated rings. The van der Waals surface area contributed by atoms with Crippen molar-refractivity contribution in [1.82, 2.24) is 10.2 Å². The largest absolute Gasteiger partial charge is 0.486 e. The normalized spacial score (nSPS) is 13.4. The average Bonchev–Trinajstić information content (AvgIpc) is 2.97. The third kappa shape index (κ3) is 7.35. The number of nitrogens with zero attached hydrogens (tertiary/aromatic N) is 2. The molecular formula is C30H34FN3O6S. The number of nitrogens with one attached hydrogen (secondary N) is 1. The highest BCUT2D eigenvalue weighted by atomic mass is 32.2. The SMILES string of the molecule is CC(C)CNC(=O)[C@H](C)N(Cc1ccccc1)C(=O)CN(c1ccc(F)cc1)S(=O)(=O)c1ccc2c(c1)OCCO2. The molecule has 0 aromatic heterocycles. The summed E-state index contributed by atoms with van der Waals surface area (Å²) in [7, 11) is -4.34. The van der Waals surface area contributed by atoms with E-state index in [9.17, 15) is 22.4 Å². The number of halogens is 1. The van der Waals surface area contributed by atoms with Gasteiger partial charge in [-0.05, 0) is 54.8 Å². The lowest BCUT2D eigenvalue weighted by atomic mass is 10.1. The smallest absolute Gasteiger partial charge is 0.264 e. The molecule has 1 atom stereocenters. The first-order chi connectivity index (χ1) is 19.6. The number of rotatable bonds is 11. The van der Waals surface area contributed by atoms with E-state index in [1.807, 2.05) is 44.2 Å². The molecule has 0 saturated heterocycles. The Morgan fingerprint density at radius 2 is 1.59 bits per heavy atom. The number of hydrogen-bond acceptors (Lipinski definition) is 6. The van der Waals surface area contributed by atoms with Gasteiger partial charge in [-0.2, -0.15) is 0 Å². The maximum Gasteiger partial charge on any atom is 0.264 e. The number of fused-ring (bicyclic) bond motifs is 1. The number of carbonyl (C=O) groups excluding carboxylic acids is 2. The molecule has 1 heterocycles. The topological polar surface area (TPSA) is 105 Å². The first-order valence-corrected chi connectivity index (χ1v) is 14.8. The first-order valence-electron chi connectivity index (χ1n) is 13.4. The van der Waals surface area contributed by atoms with Crippen LogP contribution in [0.1, 0.15) is 26.3 Å². The Morgan fingerprint density at radius 3 is 2.24 bits per heavy atom. The van der Waals surface area contributed by atoms with Crippen LogP contribution >= 0.6 is 0 Å². The summed E-state index contributed by atoms with van der Waals surface area (Å²) in [6.07, 6.45) is 0. The number of carbonyl (C=O) groups is 2. The minimum atomic E-state index is -4.34. The minimum absolute atomic E-state index is 0.0806. The van der Waals surface area contributed by atoms with Crippen LogP contribution in [0, 0.1) is 11.7 Å². The average molecular weight is 584 g/mol. The predicted octanol–water partition coefficient (Wildman–Crippen LogP) is 3.98. The van der Waals surface area contributed by atoms with Crippen molar-refractivity contribution in [3.05, 3.63) is 84.2 Å². The van der Waals surface area contributed by atoms with Crippen LogP contribution in [0.5, 0.6) is 11.5 Å². The van der Waals surface area contributed by atoms with Crippen molar-refractivity contribution in [3.63, 3.8) is 0 Å². The Hall–Kier alpha value is -4.12. The van der Waals surface area contributed by atoms with Crippen LogP contribution in [0.15, 0.2) is 77.7 Å². The predicted molar refractivity (Wildman–Crippen MR) is 153 cm³/mol. The third-order valence-electron chi connectivity index (χ3n) is 6.54. The highest BCUT2D eigenvalue weighted by Gasteiger charge is 2.33. The Labute approximate surface area is 239 Å². The summed E-state index contributed by atoms with van der Waals surface area (Å²) < 4.78 is 53.8. The molecule has 218 valence electrons. The number of hydrogen-bond donors (Lipinski definition) is 1. The summed E-state index contributed by atoms with van der Waals surface area (Å²) >= 11 is 0. The van der Waals surface area contributed by atoms with Gasteiger partial charge in [0, 0.05) is 19.2 Å². The van der Waals surface area contributed by atoms with E-state index in [1.165, 1.54) is 35.2 Å². The highest BCUT2D eigenvalue weighted by molar-refractivity contribution is 7.92. The van der Waals surface area contributed by atoms with Crippen LogP contribution in [-0.4, -0.2) is 57.5 Å². The van der Waals surface area contributed by atoms with Crippen molar-refractivity contribution in [2.24, 2.45) is 5.92 Å². The third-order valence-corrected chi connectivity index (χ3v) is 8.31. The van der Waals surface area contributed by atoms with Crippen molar-refractivity contribution in [3.8, 4) is 11.5 Å². The van der Waals surface area contributed by atoms with Gasteiger partial charge in [0.2, 0.25) is 11.8 Å². The second-order valence-electron chi connectivity index (χ2n) is 10.1. The van der Waals surface area contributed by atoms with Gasteiger partial charge >= 0.3 is 0 Å². The van der Waals surface area contributed by atoms with Gasteiger partial charge in [0.1, 0.15) is 31.6 Å². The fourth-order valence-electron chi connectivity index (χ4n) is 4.26. The van der Waals surface area contributed by atoms with Crippen LogP contribution in [0.4, 0.5) is 10.1 Å².